The molecule has 0 aromatic heterocycles. The molecule has 24 heavy (non-hydrogen) atoms. The van der Waals surface area contributed by atoms with Crippen LogP contribution in [-0.4, -0.2) is 5.97 Å². The SMILES string of the molecule is O=C1OC(c2ccccc2)c2ccccc2/C1=C\c1ccccc1. The Balaban J connectivity index is 1.84. The summed E-state index contributed by atoms with van der Waals surface area (Å²) in [5, 5.41) is 0. The van der Waals surface area contributed by atoms with Crippen molar-refractivity contribution < 1.29 is 9.53 Å². The van der Waals surface area contributed by atoms with Crippen molar-refractivity contribution in [3.05, 3.63) is 107 Å². The maximum atomic E-state index is 12.7. The van der Waals surface area contributed by atoms with E-state index in [2.05, 4.69) is 0 Å². The van der Waals surface area contributed by atoms with Crippen molar-refractivity contribution >= 4 is 17.6 Å². The zero-order valence-electron chi connectivity index (χ0n) is 13.1. The largest absolute Gasteiger partial charge is 0.449 e. The van der Waals surface area contributed by atoms with Crippen molar-refractivity contribution in [1.82, 2.24) is 0 Å². The van der Waals surface area contributed by atoms with Gasteiger partial charge in [-0.25, -0.2) is 4.79 Å². The van der Waals surface area contributed by atoms with Crippen molar-refractivity contribution in [3.63, 3.8) is 0 Å². The predicted octanol–water partition coefficient (Wildman–Crippen LogP) is 4.87. The average Bonchev–Trinajstić information content (AvgIpc) is 2.65. The van der Waals surface area contributed by atoms with Crippen molar-refractivity contribution in [3.8, 4) is 0 Å². The molecule has 0 radical (unpaired) electrons. The normalized spacial score (nSPS) is 18.1. The third kappa shape index (κ3) is 2.63. The molecule has 2 heteroatoms. The van der Waals surface area contributed by atoms with Gasteiger partial charge in [-0.1, -0.05) is 84.9 Å². The first-order valence-corrected chi connectivity index (χ1v) is 7.95. The molecule has 1 aliphatic rings. The smallest absolute Gasteiger partial charge is 0.339 e. The van der Waals surface area contributed by atoms with Crippen LogP contribution in [0.2, 0.25) is 0 Å². The van der Waals surface area contributed by atoms with Crippen molar-refractivity contribution in [1.29, 1.82) is 0 Å². The highest BCUT2D eigenvalue weighted by Crippen LogP contribution is 2.38. The Morgan fingerprint density at radius 1 is 0.750 bits per heavy atom. The summed E-state index contributed by atoms with van der Waals surface area (Å²) in [4.78, 5) is 12.7. The van der Waals surface area contributed by atoms with Crippen LogP contribution in [0.25, 0.3) is 11.6 Å². The molecule has 116 valence electrons. The third-order valence-electron chi connectivity index (χ3n) is 4.19. The Bertz CT molecular complexity index is 896. The summed E-state index contributed by atoms with van der Waals surface area (Å²) in [6.45, 7) is 0. The molecule has 2 nitrogen and oxygen atoms in total. The minimum absolute atomic E-state index is 0.286. The van der Waals surface area contributed by atoms with E-state index in [0.29, 0.717) is 5.57 Å². The zero-order chi connectivity index (χ0) is 16.4. The number of esters is 1. The quantitative estimate of drug-likeness (QED) is 0.498. The molecule has 0 amide bonds. The fraction of sp³-hybridized carbons (Fsp3) is 0.0455. The first kappa shape index (κ1) is 14.5. The van der Waals surface area contributed by atoms with E-state index in [1.54, 1.807) is 0 Å². The van der Waals surface area contributed by atoms with E-state index in [9.17, 15) is 4.79 Å². The van der Waals surface area contributed by atoms with Crippen LogP contribution >= 0.6 is 0 Å². The highest BCUT2D eigenvalue weighted by molar-refractivity contribution is 6.23. The second-order valence-electron chi connectivity index (χ2n) is 5.75. The lowest BCUT2D eigenvalue weighted by molar-refractivity contribution is -0.141. The molecule has 4 rings (SSSR count). The van der Waals surface area contributed by atoms with E-state index >= 15 is 0 Å². The Morgan fingerprint density at radius 2 is 1.38 bits per heavy atom. The van der Waals surface area contributed by atoms with Crippen molar-refractivity contribution in [2.24, 2.45) is 0 Å². The molecule has 0 saturated heterocycles. The van der Waals surface area contributed by atoms with Crippen LogP contribution in [0, 0.1) is 0 Å². The summed E-state index contributed by atoms with van der Waals surface area (Å²) in [7, 11) is 0. The van der Waals surface area contributed by atoms with Crippen LogP contribution in [0.3, 0.4) is 0 Å². The van der Waals surface area contributed by atoms with Gasteiger partial charge in [0.2, 0.25) is 0 Å². The Kier molecular flexibility index (Phi) is 3.72. The predicted molar refractivity (Wildman–Crippen MR) is 95.1 cm³/mol. The Hall–Kier alpha value is -3.13. The van der Waals surface area contributed by atoms with Crippen molar-refractivity contribution in [2.75, 3.05) is 0 Å². The first-order chi connectivity index (χ1) is 11.8. The summed E-state index contributed by atoms with van der Waals surface area (Å²) in [5.74, 6) is -0.286. The number of carbonyl (C=O) groups is 1. The minimum Gasteiger partial charge on any atom is -0.449 e. The van der Waals surface area contributed by atoms with E-state index < -0.39 is 0 Å². The molecule has 1 atom stereocenters. The lowest BCUT2D eigenvalue weighted by Crippen LogP contribution is -2.21. The molecule has 3 aromatic carbocycles. The van der Waals surface area contributed by atoms with E-state index in [1.165, 1.54) is 0 Å². The summed E-state index contributed by atoms with van der Waals surface area (Å²) < 4.78 is 5.78. The maximum absolute atomic E-state index is 12.7. The third-order valence-corrected chi connectivity index (χ3v) is 4.19. The van der Waals surface area contributed by atoms with Crippen LogP contribution in [0.5, 0.6) is 0 Å². The van der Waals surface area contributed by atoms with Gasteiger partial charge >= 0.3 is 5.97 Å². The van der Waals surface area contributed by atoms with E-state index in [-0.39, 0.29) is 12.1 Å². The Labute approximate surface area is 141 Å². The van der Waals surface area contributed by atoms with Crippen LogP contribution in [-0.2, 0) is 9.53 Å². The fourth-order valence-electron chi connectivity index (χ4n) is 3.04. The monoisotopic (exact) mass is 312 g/mol. The van der Waals surface area contributed by atoms with Gasteiger partial charge in [0.25, 0.3) is 0 Å². The molecular formula is C22H16O2. The van der Waals surface area contributed by atoms with Gasteiger partial charge < -0.3 is 4.74 Å². The molecular weight excluding hydrogens is 296 g/mol. The van der Waals surface area contributed by atoms with Gasteiger partial charge in [0, 0.05) is 5.56 Å². The highest BCUT2D eigenvalue weighted by Gasteiger charge is 2.31. The summed E-state index contributed by atoms with van der Waals surface area (Å²) in [5.41, 5.74) is 4.52. The standard InChI is InChI=1S/C22H16O2/c23-22-20(15-16-9-3-1-4-10-16)18-13-7-8-14-19(18)21(24-22)17-11-5-2-6-12-17/h1-15,21H/b20-15+. The lowest BCUT2D eigenvalue weighted by atomic mass is 9.89. The number of hydrogen-bond acceptors (Lipinski definition) is 2. The van der Waals surface area contributed by atoms with E-state index in [4.69, 9.17) is 4.74 Å². The second kappa shape index (κ2) is 6.17. The molecule has 0 aliphatic carbocycles. The maximum Gasteiger partial charge on any atom is 0.339 e. The molecule has 0 bridgehead atoms. The van der Waals surface area contributed by atoms with Gasteiger partial charge in [0.1, 0.15) is 0 Å². The number of fused-ring (bicyclic) bond motifs is 1. The highest BCUT2D eigenvalue weighted by atomic mass is 16.5. The Morgan fingerprint density at radius 3 is 2.12 bits per heavy atom. The molecule has 0 fully saturated rings. The summed E-state index contributed by atoms with van der Waals surface area (Å²) in [6, 6.07) is 27.6. The van der Waals surface area contributed by atoms with Gasteiger partial charge in [-0.2, -0.15) is 0 Å². The van der Waals surface area contributed by atoms with Gasteiger partial charge in [0.05, 0.1) is 5.57 Å². The molecule has 1 heterocycles. The average molecular weight is 312 g/mol. The minimum atomic E-state index is -0.358. The molecule has 0 spiro atoms. The second-order valence-corrected chi connectivity index (χ2v) is 5.75. The van der Waals surface area contributed by atoms with E-state index in [1.807, 2.05) is 91.0 Å². The van der Waals surface area contributed by atoms with Crippen molar-refractivity contribution in [2.45, 2.75) is 6.10 Å². The van der Waals surface area contributed by atoms with Gasteiger partial charge in [-0.3, -0.25) is 0 Å². The summed E-state index contributed by atoms with van der Waals surface area (Å²) in [6.07, 6.45) is 1.53. The number of carbonyl (C=O) groups excluding carboxylic acids is 1. The number of ether oxygens (including phenoxy) is 1. The number of rotatable bonds is 2. The molecule has 3 aromatic rings. The fourth-order valence-corrected chi connectivity index (χ4v) is 3.04. The van der Waals surface area contributed by atoms with Crippen LogP contribution in [0.1, 0.15) is 28.4 Å². The number of benzene rings is 3. The van der Waals surface area contributed by atoms with Crippen LogP contribution in [0.15, 0.2) is 84.9 Å². The number of cyclic esters (lactones) is 1. The summed E-state index contributed by atoms with van der Waals surface area (Å²) >= 11 is 0. The van der Waals surface area contributed by atoms with Gasteiger partial charge in [-0.15, -0.1) is 0 Å². The van der Waals surface area contributed by atoms with Gasteiger partial charge in [0.15, 0.2) is 6.10 Å². The topological polar surface area (TPSA) is 26.3 Å². The van der Waals surface area contributed by atoms with Crippen LogP contribution in [0.4, 0.5) is 0 Å². The molecule has 0 saturated carbocycles. The molecule has 1 aliphatic heterocycles. The number of hydrogen-bond donors (Lipinski definition) is 0. The lowest BCUT2D eigenvalue weighted by Gasteiger charge is -2.27. The zero-order valence-corrected chi connectivity index (χ0v) is 13.1. The first-order valence-electron chi connectivity index (χ1n) is 7.95. The molecule has 1 unspecified atom stereocenters. The van der Waals surface area contributed by atoms with Crippen LogP contribution < -0.4 is 0 Å². The molecule has 0 N–H and O–H groups in total. The van der Waals surface area contributed by atoms with Gasteiger partial charge in [-0.05, 0) is 22.8 Å². The van der Waals surface area contributed by atoms with E-state index in [0.717, 1.165) is 22.3 Å².